The van der Waals surface area contributed by atoms with E-state index < -0.39 is 0 Å². The van der Waals surface area contributed by atoms with Gasteiger partial charge >= 0.3 is 0 Å². The molecule has 2 atom stereocenters. The van der Waals surface area contributed by atoms with Crippen LogP contribution in [0.1, 0.15) is 48.3 Å². The van der Waals surface area contributed by atoms with Crippen molar-refractivity contribution in [3.63, 3.8) is 0 Å². The molecule has 2 aliphatic rings. The summed E-state index contributed by atoms with van der Waals surface area (Å²) in [5, 5.41) is 19.0. The number of aliphatic hydroxyl groups is 1. The Morgan fingerprint density at radius 2 is 2.11 bits per heavy atom. The predicted molar refractivity (Wildman–Crippen MR) is 99.1 cm³/mol. The highest BCUT2D eigenvalue weighted by molar-refractivity contribution is 5.93. The number of hydrogen-bond acceptors (Lipinski definition) is 6. The van der Waals surface area contributed by atoms with Gasteiger partial charge in [0.15, 0.2) is 5.82 Å². The fraction of sp³-hybridized carbons (Fsp3) is 0.579. The molecule has 0 bridgehead atoms. The molecule has 1 N–H and O–H groups in total. The van der Waals surface area contributed by atoms with Crippen LogP contribution in [0.3, 0.4) is 0 Å². The third kappa shape index (κ3) is 3.46. The molecule has 8 nitrogen and oxygen atoms in total. The molecule has 1 fully saturated rings. The van der Waals surface area contributed by atoms with Crippen molar-refractivity contribution in [1.29, 1.82) is 0 Å². The molecule has 2 aliphatic heterocycles. The van der Waals surface area contributed by atoms with Crippen molar-refractivity contribution in [2.24, 2.45) is 0 Å². The van der Waals surface area contributed by atoms with E-state index in [0.717, 1.165) is 11.6 Å². The summed E-state index contributed by atoms with van der Waals surface area (Å²) in [5.74, 6) is 1.82. The van der Waals surface area contributed by atoms with E-state index in [2.05, 4.69) is 38.5 Å². The average molecular weight is 370 g/mol. The Balaban J connectivity index is 1.53. The molecule has 0 saturated carbocycles. The average Bonchev–Trinajstić information content (AvgIpc) is 3.19. The number of carbonyl (C=O) groups excluding carboxylic acids is 1. The Morgan fingerprint density at radius 1 is 1.26 bits per heavy atom. The highest BCUT2D eigenvalue weighted by atomic mass is 16.3. The lowest BCUT2D eigenvalue weighted by Gasteiger charge is -2.27. The van der Waals surface area contributed by atoms with Crippen LogP contribution in [0.15, 0.2) is 24.5 Å². The normalized spacial score (nSPS) is 23.5. The number of amides is 1. The highest BCUT2D eigenvalue weighted by Crippen LogP contribution is 2.33. The lowest BCUT2D eigenvalue weighted by Crippen LogP contribution is -2.35. The van der Waals surface area contributed by atoms with Crippen LogP contribution in [0.4, 0.5) is 0 Å². The maximum atomic E-state index is 12.8. The Hall–Kier alpha value is -2.32. The number of nitrogens with zero attached hydrogens (tertiary/aromatic N) is 6. The van der Waals surface area contributed by atoms with Gasteiger partial charge in [0.1, 0.15) is 5.82 Å². The summed E-state index contributed by atoms with van der Waals surface area (Å²) in [7, 11) is 0. The number of rotatable bonds is 3. The molecule has 1 amide bonds. The Labute approximate surface area is 158 Å². The van der Waals surface area contributed by atoms with Gasteiger partial charge in [-0.25, -0.2) is 0 Å². The number of aliphatic hydroxyl groups excluding tert-OH is 1. The van der Waals surface area contributed by atoms with Gasteiger partial charge < -0.3 is 14.6 Å². The summed E-state index contributed by atoms with van der Waals surface area (Å²) in [6.45, 7) is 6.84. The number of hydrogen-bond donors (Lipinski definition) is 1. The Kier molecular flexibility index (Phi) is 4.92. The fourth-order valence-corrected chi connectivity index (χ4v) is 4.13. The van der Waals surface area contributed by atoms with Crippen LogP contribution in [0.5, 0.6) is 0 Å². The number of aromatic nitrogens is 4. The zero-order valence-corrected chi connectivity index (χ0v) is 15.8. The Morgan fingerprint density at radius 3 is 2.85 bits per heavy atom. The topological polar surface area (TPSA) is 87.4 Å². The first-order valence-corrected chi connectivity index (χ1v) is 9.59. The molecule has 144 valence electrons. The molecule has 2 aromatic heterocycles. The van der Waals surface area contributed by atoms with Gasteiger partial charge in [0.2, 0.25) is 0 Å². The number of carbonyl (C=O) groups is 1. The summed E-state index contributed by atoms with van der Waals surface area (Å²) in [4.78, 5) is 20.9. The number of β-amino-alcohol motifs (C(OH)–C–C–N with tert-alkyl or cyclic N) is 1. The quantitative estimate of drug-likeness (QED) is 0.863. The number of pyridine rings is 1. The van der Waals surface area contributed by atoms with E-state index in [-0.39, 0.29) is 18.1 Å². The molecule has 0 unspecified atom stereocenters. The highest BCUT2D eigenvalue weighted by Gasteiger charge is 2.37. The molecule has 8 heteroatoms. The van der Waals surface area contributed by atoms with Crippen molar-refractivity contribution < 1.29 is 9.90 Å². The minimum absolute atomic E-state index is 0.00320. The summed E-state index contributed by atoms with van der Waals surface area (Å²) in [6, 6.07) is 3.98. The third-order valence-electron chi connectivity index (χ3n) is 5.53. The first-order chi connectivity index (χ1) is 13.0. The lowest BCUT2D eigenvalue weighted by atomic mass is 10.1. The van der Waals surface area contributed by atoms with Gasteiger partial charge in [-0.1, -0.05) is 0 Å². The van der Waals surface area contributed by atoms with Crippen LogP contribution in [0, 0.1) is 0 Å². The van der Waals surface area contributed by atoms with Gasteiger partial charge in [-0.05, 0) is 32.4 Å². The van der Waals surface area contributed by atoms with Crippen molar-refractivity contribution in [3.8, 4) is 0 Å². The van der Waals surface area contributed by atoms with Crippen molar-refractivity contribution in [1.82, 2.24) is 29.5 Å². The van der Waals surface area contributed by atoms with Gasteiger partial charge in [0.25, 0.3) is 5.91 Å². The molecule has 4 heterocycles. The summed E-state index contributed by atoms with van der Waals surface area (Å²) in [6.07, 6.45) is 4.30. The summed E-state index contributed by atoms with van der Waals surface area (Å²) >= 11 is 0. The molecule has 0 radical (unpaired) electrons. The van der Waals surface area contributed by atoms with E-state index in [1.165, 1.54) is 0 Å². The van der Waals surface area contributed by atoms with Crippen molar-refractivity contribution in [2.45, 2.75) is 51.4 Å². The molecule has 0 aliphatic carbocycles. The van der Waals surface area contributed by atoms with Gasteiger partial charge in [0.05, 0.1) is 17.7 Å². The first-order valence-electron chi connectivity index (χ1n) is 9.59. The van der Waals surface area contributed by atoms with Crippen LogP contribution in [-0.2, 0) is 13.0 Å². The van der Waals surface area contributed by atoms with Crippen LogP contribution < -0.4 is 0 Å². The molecule has 1 saturated heterocycles. The first kappa shape index (κ1) is 18.1. The van der Waals surface area contributed by atoms with Crippen LogP contribution in [0.25, 0.3) is 0 Å². The van der Waals surface area contributed by atoms with Gasteiger partial charge in [0, 0.05) is 51.0 Å². The maximum Gasteiger partial charge on any atom is 0.255 e. The van der Waals surface area contributed by atoms with E-state index in [1.807, 2.05) is 4.90 Å². The standard InChI is InChI=1S/C19H26N6O2/c1-13(2)25-12-15(26)10-16(25)18-22-21-17-5-7-23(8-9-24(17)18)19(27)14-4-3-6-20-11-14/h3-4,6,11,13,15-16,26H,5,7-10,12H2,1-2H3/t15-,16+/m1/s1. The van der Waals surface area contributed by atoms with E-state index in [0.29, 0.717) is 50.6 Å². The SMILES string of the molecule is CC(C)N1C[C@H](O)C[C@H]1c1nnc2n1CCN(C(=O)c1cccnc1)CC2. The van der Waals surface area contributed by atoms with Gasteiger partial charge in [-0.2, -0.15) is 0 Å². The van der Waals surface area contributed by atoms with Gasteiger partial charge in [-0.3, -0.25) is 14.7 Å². The maximum absolute atomic E-state index is 12.8. The van der Waals surface area contributed by atoms with E-state index in [9.17, 15) is 9.90 Å². The monoisotopic (exact) mass is 370 g/mol. The number of likely N-dealkylation sites (tertiary alicyclic amines) is 1. The van der Waals surface area contributed by atoms with Crippen molar-refractivity contribution in [2.75, 3.05) is 19.6 Å². The second-order valence-electron chi connectivity index (χ2n) is 7.61. The second-order valence-corrected chi connectivity index (χ2v) is 7.61. The molecule has 4 rings (SSSR count). The van der Waals surface area contributed by atoms with Crippen LogP contribution in [0.2, 0.25) is 0 Å². The smallest absolute Gasteiger partial charge is 0.255 e. The van der Waals surface area contributed by atoms with E-state index in [4.69, 9.17) is 0 Å². The van der Waals surface area contributed by atoms with Crippen LogP contribution >= 0.6 is 0 Å². The van der Waals surface area contributed by atoms with E-state index in [1.54, 1.807) is 24.5 Å². The van der Waals surface area contributed by atoms with Gasteiger partial charge in [-0.15, -0.1) is 10.2 Å². The molecule has 2 aromatic rings. The van der Waals surface area contributed by atoms with Crippen molar-refractivity contribution in [3.05, 3.63) is 41.7 Å². The molecule has 27 heavy (non-hydrogen) atoms. The third-order valence-corrected chi connectivity index (χ3v) is 5.53. The summed E-state index contributed by atoms with van der Waals surface area (Å²) < 4.78 is 2.15. The fourth-order valence-electron chi connectivity index (χ4n) is 4.13. The van der Waals surface area contributed by atoms with E-state index >= 15 is 0 Å². The predicted octanol–water partition coefficient (Wildman–Crippen LogP) is 0.888. The summed E-state index contributed by atoms with van der Waals surface area (Å²) in [5.41, 5.74) is 0.611. The zero-order chi connectivity index (χ0) is 19.0. The Bertz CT molecular complexity index is 806. The molecular formula is C19H26N6O2. The molecule has 0 spiro atoms. The minimum atomic E-state index is -0.334. The molecular weight excluding hydrogens is 344 g/mol. The largest absolute Gasteiger partial charge is 0.392 e. The van der Waals surface area contributed by atoms with Crippen molar-refractivity contribution >= 4 is 5.91 Å². The van der Waals surface area contributed by atoms with Crippen LogP contribution in [-0.4, -0.2) is 72.3 Å². The zero-order valence-electron chi connectivity index (χ0n) is 15.8. The molecule has 0 aromatic carbocycles. The minimum Gasteiger partial charge on any atom is -0.392 e. The second kappa shape index (κ2) is 7.36. The number of fused-ring (bicyclic) bond motifs is 1. The lowest BCUT2D eigenvalue weighted by molar-refractivity contribution is 0.0757.